The Bertz CT molecular complexity index is 283. The lowest BCUT2D eigenvalue weighted by Crippen LogP contribution is -2.13. The molecule has 0 aromatic carbocycles. The molecule has 1 atom stereocenters. The average molecular weight is 228 g/mol. The quantitative estimate of drug-likeness (QED) is 0.798. The number of hydrogen-bond donors (Lipinski definition) is 1. The Labute approximate surface area is 84.9 Å². The summed E-state index contributed by atoms with van der Waals surface area (Å²) >= 11 is 0. The van der Waals surface area contributed by atoms with Crippen molar-refractivity contribution >= 4 is 12.4 Å². The van der Waals surface area contributed by atoms with Gasteiger partial charge in [-0.15, -0.1) is 17.5 Å². The lowest BCUT2D eigenvalue weighted by Gasteiger charge is -2.06. The topological polar surface area (TPSA) is 51.8 Å². The number of aromatic nitrogens is 2. The van der Waals surface area contributed by atoms with Gasteiger partial charge in [0.25, 0.3) is 0 Å². The SMILES string of the molecule is CC(N)c1ccc(C(F)(F)F)nn1.Cl. The molecule has 1 heterocycles. The number of alkyl halides is 3. The molecule has 0 aliphatic carbocycles. The summed E-state index contributed by atoms with van der Waals surface area (Å²) in [5.74, 6) is 0. The van der Waals surface area contributed by atoms with E-state index in [9.17, 15) is 13.2 Å². The summed E-state index contributed by atoms with van der Waals surface area (Å²) in [6.07, 6.45) is -4.44. The van der Waals surface area contributed by atoms with Gasteiger partial charge in [0, 0.05) is 6.04 Å². The molecule has 1 aromatic heterocycles. The zero-order chi connectivity index (χ0) is 10.1. The summed E-state index contributed by atoms with van der Waals surface area (Å²) in [7, 11) is 0. The van der Waals surface area contributed by atoms with E-state index in [1.54, 1.807) is 6.92 Å². The highest BCUT2D eigenvalue weighted by atomic mass is 35.5. The molecule has 1 rings (SSSR count). The van der Waals surface area contributed by atoms with E-state index in [1.807, 2.05) is 0 Å². The fourth-order valence-corrected chi connectivity index (χ4v) is 0.737. The maximum atomic E-state index is 12.0. The Hall–Kier alpha value is -0.880. The summed E-state index contributed by atoms with van der Waals surface area (Å²) in [5, 5.41) is 6.37. The van der Waals surface area contributed by atoms with E-state index in [-0.39, 0.29) is 12.4 Å². The molecule has 0 amide bonds. The summed E-state index contributed by atoms with van der Waals surface area (Å²) in [6, 6.07) is 1.68. The van der Waals surface area contributed by atoms with Crippen molar-refractivity contribution in [3.8, 4) is 0 Å². The van der Waals surface area contributed by atoms with Crippen LogP contribution in [0.4, 0.5) is 13.2 Å². The molecule has 0 fully saturated rings. The number of nitrogens with two attached hydrogens (primary N) is 1. The van der Waals surface area contributed by atoms with Crippen LogP contribution in [0.1, 0.15) is 24.4 Å². The number of nitrogens with zero attached hydrogens (tertiary/aromatic N) is 2. The Morgan fingerprint density at radius 3 is 2.14 bits per heavy atom. The van der Waals surface area contributed by atoms with Crippen molar-refractivity contribution in [1.29, 1.82) is 0 Å². The van der Waals surface area contributed by atoms with Gasteiger partial charge in [0.15, 0.2) is 5.69 Å². The maximum absolute atomic E-state index is 12.0. The zero-order valence-corrected chi connectivity index (χ0v) is 8.06. The second-order valence-electron chi connectivity index (χ2n) is 2.63. The van der Waals surface area contributed by atoms with Gasteiger partial charge < -0.3 is 5.73 Å². The number of hydrogen-bond acceptors (Lipinski definition) is 3. The van der Waals surface area contributed by atoms with Crippen molar-refractivity contribution in [2.75, 3.05) is 0 Å². The van der Waals surface area contributed by atoms with Gasteiger partial charge in [-0.3, -0.25) is 0 Å². The predicted octanol–water partition coefficient (Wildman–Crippen LogP) is 1.94. The molecule has 0 saturated heterocycles. The Balaban J connectivity index is 0.00000169. The van der Waals surface area contributed by atoms with Crippen LogP contribution in [0.5, 0.6) is 0 Å². The minimum absolute atomic E-state index is 0. The molecule has 0 aliphatic heterocycles. The van der Waals surface area contributed by atoms with Crippen LogP contribution in [0.25, 0.3) is 0 Å². The van der Waals surface area contributed by atoms with E-state index in [0.29, 0.717) is 5.69 Å². The molecule has 0 bridgehead atoms. The summed E-state index contributed by atoms with van der Waals surface area (Å²) in [6.45, 7) is 1.62. The van der Waals surface area contributed by atoms with Gasteiger partial charge in [0.1, 0.15) is 0 Å². The van der Waals surface area contributed by atoms with E-state index in [1.165, 1.54) is 6.07 Å². The first-order valence-electron chi connectivity index (χ1n) is 3.57. The molecule has 14 heavy (non-hydrogen) atoms. The van der Waals surface area contributed by atoms with Crippen LogP contribution in [0.2, 0.25) is 0 Å². The summed E-state index contributed by atoms with van der Waals surface area (Å²) in [5.41, 5.74) is 4.73. The van der Waals surface area contributed by atoms with Crippen LogP contribution in [0.15, 0.2) is 12.1 Å². The van der Waals surface area contributed by atoms with Crippen molar-refractivity contribution in [3.63, 3.8) is 0 Å². The second-order valence-corrected chi connectivity index (χ2v) is 2.63. The van der Waals surface area contributed by atoms with E-state index in [4.69, 9.17) is 5.73 Å². The van der Waals surface area contributed by atoms with Gasteiger partial charge in [-0.1, -0.05) is 0 Å². The first-order valence-corrected chi connectivity index (χ1v) is 3.57. The van der Waals surface area contributed by atoms with Crippen molar-refractivity contribution < 1.29 is 13.2 Å². The van der Waals surface area contributed by atoms with Crippen LogP contribution in [-0.2, 0) is 6.18 Å². The third-order valence-electron chi connectivity index (χ3n) is 1.44. The highest BCUT2D eigenvalue weighted by Gasteiger charge is 2.32. The largest absolute Gasteiger partial charge is 0.435 e. The summed E-state index contributed by atoms with van der Waals surface area (Å²) in [4.78, 5) is 0. The Kier molecular flexibility index (Phi) is 4.28. The highest BCUT2D eigenvalue weighted by Crippen LogP contribution is 2.26. The van der Waals surface area contributed by atoms with Crippen LogP contribution in [-0.4, -0.2) is 10.2 Å². The first kappa shape index (κ1) is 13.1. The summed E-state index contributed by atoms with van der Waals surface area (Å²) < 4.78 is 36.0. The van der Waals surface area contributed by atoms with Crippen molar-refractivity contribution in [2.45, 2.75) is 19.1 Å². The lowest BCUT2D eigenvalue weighted by atomic mass is 10.2. The van der Waals surface area contributed by atoms with Gasteiger partial charge >= 0.3 is 6.18 Å². The van der Waals surface area contributed by atoms with E-state index in [0.717, 1.165) is 6.07 Å². The van der Waals surface area contributed by atoms with Gasteiger partial charge in [0.05, 0.1) is 5.69 Å². The molecule has 1 unspecified atom stereocenters. The number of halogens is 4. The molecule has 7 heteroatoms. The number of rotatable bonds is 1. The third-order valence-corrected chi connectivity index (χ3v) is 1.44. The molecule has 0 aliphatic rings. The minimum atomic E-state index is -4.44. The average Bonchev–Trinajstić information content (AvgIpc) is 2.03. The zero-order valence-electron chi connectivity index (χ0n) is 7.25. The van der Waals surface area contributed by atoms with Crippen LogP contribution < -0.4 is 5.73 Å². The van der Waals surface area contributed by atoms with Gasteiger partial charge in [-0.25, -0.2) is 0 Å². The molecular weight excluding hydrogens is 219 g/mol. The standard InChI is InChI=1S/C7H8F3N3.ClH/c1-4(11)5-2-3-6(13-12-5)7(8,9)10;/h2-4H,11H2,1H3;1H. The normalized spacial score (nSPS) is 13.2. The molecule has 0 radical (unpaired) electrons. The molecule has 0 spiro atoms. The fourth-order valence-electron chi connectivity index (χ4n) is 0.737. The third kappa shape index (κ3) is 3.12. The van der Waals surface area contributed by atoms with E-state index < -0.39 is 17.9 Å². The highest BCUT2D eigenvalue weighted by molar-refractivity contribution is 5.85. The minimum Gasteiger partial charge on any atom is -0.323 e. The fraction of sp³-hybridized carbons (Fsp3) is 0.429. The van der Waals surface area contributed by atoms with Crippen LogP contribution >= 0.6 is 12.4 Å². The molecule has 80 valence electrons. The molecule has 0 saturated carbocycles. The monoisotopic (exact) mass is 227 g/mol. The van der Waals surface area contributed by atoms with Crippen LogP contribution in [0.3, 0.4) is 0 Å². The van der Waals surface area contributed by atoms with Crippen LogP contribution in [0, 0.1) is 0 Å². The molecule has 2 N–H and O–H groups in total. The van der Waals surface area contributed by atoms with Gasteiger partial charge in [-0.05, 0) is 19.1 Å². The molecule has 1 aromatic rings. The lowest BCUT2D eigenvalue weighted by molar-refractivity contribution is -0.141. The first-order chi connectivity index (χ1) is 5.91. The van der Waals surface area contributed by atoms with Crippen molar-refractivity contribution in [3.05, 3.63) is 23.5 Å². The molecule has 3 nitrogen and oxygen atoms in total. The Morgan fingerprint density at radius 1 is 1.29 bits per heavy atom. The van der Waals surface area contributed by atoms with Crippen molar-refractivity contribution in [1.82, 2.24) is 10.2 Å². The van der Waals surface area contributed by atoms with Gasteiger partial charge in [-0.2, -0.15) is 18.3 Å². The Morgan fingerprint density at radius 2 is 1.86 bits per heavy atom. The van der Waals surface area contributed by atoms with E-state index in [2.05, 4.69) is 10.2 Å². The van der Waals surface area contributed by atoms with Gasteiger partial charge in [0.2, 0.25) is 0 Å². The smallest absolute Gasteiger partial charge is 0.323 e. The van der Waals surface area contributed by atoms with Crippen molar-refractivity contribution in [2.24, 2.45) is 5.73 Å². The second kappa shape index (κ2) is 4.56. The molecular formula is C7H9ClF3N3. The van der Waals surface area contributed by atoms with E-state index >= 15 is 0 Å². The predicted molar refractivity (Wildman–Crippen MR) is 46.9 cm³/mol. The maximum Gasteiger partial charge on any atom is 0.435 e.